The molecule has 0 heterocycles. The van der Waals surface area contributed by atoms with Crippen molar-refractivity contribution in [3.05, 3.63) is 9.47 Å². The molecule has 0 saturated carbocycles. The zero-order valence-electron chi connectivity index (χ0n) is 13.0. The molecular formula is C14H27Br3O2Si. The molecule has 2 atom stereocenters. The lowest BCUT2D eigenvalue weighted by atomic mass is 10.1. The fraction of sp³-hybridized carbons (Fsp3) is 0.857. The number of rotatable bonds is 8. The maximum absolute atomic E-state index is 9.99. The molecule has 0 aliphatic heterocycles. The molecule has 0 unspecified atom stereocenters. The summed E-state index contributed by atoms with van der Waals surface area (Å²) in [7, 11) is -1.62. The minimum Gasteiger partial charge on any atom is -0.417 e. The van der Waals surface area contributed by atoms with Gasteiger partial charge in [0.05, 0.1) is 14.3 Å². The molecule has 0 rings (SSSR count). The van der Waals surface area contributed by atoms with E-state index in [1.807, 2.05) is 6.08 Å². The average Bonchev–Trinajstić information content (AvgIpc) is 2.25. The first kappa shape index (κ1) is 21.3. The summed E-state index contributed by atoms with van der Waals surface area (Å²) in [5.41, 5.74) is 0. The molecule has 0 aromatic rings. The van der Waals surface area contributed by atoms with E-state index in [2.05, 4.69) is 81.7 Å². The summed E-state index contributed by atoms with van der Waals surface area (Å²) in [6, 6.07) is 0. The average molecular weight is 495 g/mol. The molecule has 0 spiro atoms. The number of aliphatic hydroxyl groups is 1. The van der Waals surface area contributed by atoms with Crippen molar-refractivity contribution in [3.63, 3.8) is 0 Å². The number of hydrogen-bond donors (Lipinski definition) is 1. The molecule has 0 aromatic heterocycles. The lowest BCUT2D eigenvalue weighted by Gasteiger charge is -2.36. The van der Waals surface area contributed by atoms with Crippen molar-refractivity contribution in [2.24, 2.45) is 0 Å². The Morgan fingerprint density at radius 3 is 2.25 bits per heavy atom. The third-order valence-corrected chi connectivity index (χ3v) is 9.76. The predicted octanol–water partition coefficient (Wildman–Crippen LogP) is 5.93. The maximum Gasteiger partial charge on any atom is 0.191 e. The molecule has 6 heteroatoms. The van der Waals surface area contributed by atoms with Gasteiger partial charge in [-0.25, -0.2) is 0 Å². The van der Waals surface area contributed by atoms with Crippen molar-refractivity contribution in [1.29, 1.82) is 0 Å². The highest BCUT2D eigenvalue weighted by Gasteiger charge is 2.36. The molecule has 1 N–H and O–H groups in total. The Morgan fingerprint density at radius 2 is 1.80 bits per heavy atom. The van der Waals surface area contributed by atoms with Gasteiger partial charge >= 0.3 is 0 Å². The van der Waals surface area contributed by atoms with E-state index in [0.717, 1.165) is 29.3 Å². The lowest BCUT2D eigenvalue weighted by molar-refractivity contribution is 0.166. The molecule has 0 amide bonds. The van der Waals surface area contributed by atoms with Crippen molar-refractivity contribution >= 4 is 56.1 Å². The van der Waals surface area contributed by atoms with Crippen LogP contribution in [0.5, 0.6) is 0 Å². The molecule has 20 heavy (non-hydrogen) atoms. The van der Waals surface area contributed by atoms with Crippen molar-refractivity contribution in [2.45, 2.75) is 69.1 Å². The van der Waals surface area contributed by atoms with E-state index in [4.69, 9.17) is 4.43 Å². The minimum absolute atomic E-state index is 0.0300. The summed E-state index contributed by atoms with van der Waals surface area (Å²) in [5.74, 6) is 0. The van der Waals surface area contributed by atoms with Crippen LogP contribution < -0.4 is 0 Å². The standard InChI is InChI=1S/C14H27Br3O2Si/c1-14(2,3)20(4,5)19-9-7-6-8-12(18)11(15)10-13(16)17/h10-12,18H,6-9H2,1-5H3/t11-,12+/m1/s1. The first-order valence-electron chi connectivity index (χ1n) is 6.96. The number of aliphatic hydroxyl groups excluding tert-OH is 1. The Labute approximate surface area is 150 Å². The monoisotopic (exact) mass is 492 g/mol. The number of alkyl halides is 1. The summed E-state index contributed by atoms with van der Waals surface area (Å²) in [6.45, 7) is 12.1. The maximum atomic E-state index is 9.99. The van der Waals surface area contributed by atoms with Gasteiger partial charge in [-0.3, -0.25) is 0 Å². The van der Waals surface area contributed by atoms with Gasteiger partial charge in [-0.05, 0) is 75.3 Å². The van der Waals surface area contributed by atoms with Crippen LogP contribution in [0.25, 0.3) is 0 Å². The van der Waals surface area contributed by atoms with Gasteiger partial charge in [0, 0.05) is 6.61 Å². The molecule has 0 fully saturated rings. The predicted molar refractivity (Wildman–Crippen MR) is 102 cm³/mol. The fourth-order valence-electron chi connectivity index (χ4n) is 1.39. The van der Waals surface area contributed by atoms with Crippen molar-refractivity contribution in [3.8, 4) is 0 Å². The van der Waals surface area contributed by atoms with Gasteiger partial charge < -0.3 is 9.53 Å². The quantitative estimate of drug-likeness (QED) is 0.257. The SMILES string of the molecule is CC(C)(C)[Si](C)(C)OCCCC[C@H](O)[C@H](Br)C=C(Br)Br. The number of unbranched alkanes of at least 4 members (excludes halogenated alkanes) is 1. The van der Waals surface area contributed by atoms with Crippen LogP contribution in [0.3, 0.4) is 0 Å². The van der Waals surface area contributed by atoms with E-state index in [1.165, 1.54) is 0 Å². The highest BCUT2D eigenvalue weighted by molar-refractivity contribution is 9.28. The second kappa shape index (κ2) is 9.45. The largest absolute Gasteiger partial charge is 0.417 e. The van der Waals surface area contributed by atoms with Crippen molar-refractivity contribution in [2.75, 3.05) is 6.61 Å². The van der Waals surface area contributed by atoms with Crippen LogP contribution in [0.4, 0.5) is 0 Å². The smallest absolute Gasteiger partial charge is 0.191 e. The first-order chi connectivity index (χ1) is 8.97. The van der Waals surface area contributed by atoms with Crippen LogP contribution in [0.1, 0.15) is 40.0 Å². The minimum atomic E-state index is -1.62. The molecule has 0 aliphatic carbocycles. The van der Waals surface area contributed by atoms with Gasteiger partial charge in [-0.1, -0.05) is 36.7 Å². The number of halogens is 3. The normalized spacial score (nSPS) is 15.8. The summed E-state index contributed by atoms with van der Waals surface area (Å²) < 4.78 is 6.97. The summed E-state index contributed by atoms with van der Waals surface area (Å²) >= 11 is 10.1. The van der Waals surface area contributed by atoms with Gasteiger partial charge in [0.15, 0.2) is 8.32 Å². The van der Waals surface area contributed by atoms with Gasteiger partial charge in [-0.2, -0.15) is 0 Å². The molecule has 0 saturated heterocycles. The summed E-state index contributed by atoms with van der Waals surface area (Å²) in [4.78, 5) is -0.0300. The lowest BCUT2D eigenvalue weighted by Crippen LogP contribution is -2.41. The molecule has 120 valence electrons. The van der Waals surface area contributed by atoms with Gasteiger partial charge in [0.1, 0.15) is 0 Å². The van der Waals surface area contributed by atoms with Crippen LogP contribution in [-0.2, 0) is 4.43 Å². The van der Waals surface area contributed by atoms with E-state index < -0.39 is 8.32 Å². The van der Waals surface area contributed by atoms with Crippen LogP contribution in [-0.4, -0.2) is 31.0 Å². The van der Waals surface area contributed by atoms with Gasteiger partial charge in [0.2, 0.25) is 0 Å². The van der Waals surface area contributed by atoms with Crippen LogP contribution in [0, 0.1) is 0 Å². The molecule has 0 aliphatic rings. The third kappa shape index (κ3) is 8.69. The zero-order valence-corrected chi connectivity index (χ0v) is 18.8. The topological polar surface area (TPSA) is 29.5 Å². The van der Waals surface area contributed by atoms with E-state index in [9.17, 15) is 5.11 Å². The Morgan fingerprint density at radius 1 is 1.25 bits per heavy atom. The van der Waals surface area contributed by atoms with Crippen molar-refractivity contribution in [1.82, 2.24) is 0 Å². The van der Waals surface area contributed by atoms with Gasteiger partial charge in [-0.15, -0.1) is 0 Å². The van der Waals surface area contributed by atoms with Crippen molar-refractivity contribution < 1.29 is 9.53 Å². The second-order valence-electron chi connectivity index (χ2n) is 6.57. The molecule has 0 bridgehead atoms. The molecule has 0 radical (unpaired) electrons. The molecular weight excluding hydrogens is 468 g/mol. The van der Waals surface area contributed by atoms with E-state index >= 15 is 0 Å². The van der Waals surface area contributed by atoms with E-state index in [1.54, 1.807) is 0 Å². The Kier molecular flexibility index (Phi) is 10.1. The Balaban J connectivity index is 3.91. The van der Waals surface area contributed by atoms with E-state index in [0.29, 0.717) is 0 Å². The summed E-state index contributed by atoms with van der Waals surface area (Å²) in [6.07, 6.45) is 4.29. The number of hydrogen-bond acceptors (Lipinski definition) is 2. The van der Waals surface area contributed by atoms with E-state index in [-0.39, 0.29) is 16.0 Å². The third-order valence-electron chi connectivity index (χ3n) is 3.82. The fourth-order valence-corrected chi connectivity index (χ4v) is 4.29. The molecule has 2 nitrogen and oxygen atoms in total. The zero-order chi connectivity index (χ0) is 16.0. The molecule has 0 aromatic carbocycles. The first-order valence-corrected chi connectivity index (χ1v) is 12.4. The second-order valence-corrected chi connectivity index (χ2v) is 15.2. The van der Waals surface area contributed by atoms with Crippen LogP contribution >= 0.6 is 47.8 Å². The Hall–Kier alpha value is 1.32. The van der Waals surface area contributed by atoms with Crippen LogP contribution in [0.15, 0.2) is 9.47 Å². The summed E-state index contributed by atoms with van der Waals surface area (Å²) in [5, 5.41) is 10.3. The van der Waals surface area contributed by atoms with Crippen LogP contribution in [0.2, 0.25) is 18.1 Å². The highest BCUT2D eigenvalue weighted by Crippen LogP contribution is 2.36. The Bertz CT molecular complexity index is 310. The highest BCUT2D eigenvalue weighted by atomic mass is 79.9. The van der Waals surface area contributed by atoms with Gasteiger partial charge in [0.25, 0.3) is 0 Å².